The standard InChI is InChI=1S/C20H29IO4/c1-7-12-19(3,4)24-17(22)14-10-9-11-15(21)16(14)18(23)25-20(5,6)13-8-2/h9-11H,7-8,12-13H2,1-6H3. The molecule has 0 bridgehead atoms. The molecular weight excluding hydrogens is 431 g/mol. The SMILES string of the molecule is CCCC(C)(C)OC(=O)c1cccc(I)c1C(=O)OC(C)(C)CCC. The van der Waals surface area contributed by atoms with Crippen LogP contribution >= 0.6 is 22.6 Å². The molecule has 0 radical (unpaired) electrons. The van der Waals surface area contributed by atoms with E-state index in [9.17, 15) is 9.59 Å². The van der Waals surface area contributed by atoms with Crippen LogP contribution in [0.3, 0.4) is 0 Å². The van der Waals surface area contributed by atoms with E-state index in [4.69, 9.17) is 9.47 Å². The normalized spacial score (nSPS) is 12.0. The topological polar surface area (TPSA) is 52.6 Å². The van der Waals surface area contributed by atoms with Crippen molar-refractivity contribution in [1.29, 1.82) is 0 Å². The lowest BCUT2D eigenvalue weighted by molar-refractivity contribution is -0.00964. The lowest BCUT2D eigenvalue weighted by atomic mass is 10.0. The van der Waals surface area contributed by atoms with E-state index in [1.54, 1.807) is 18.2 Å². The molecule has 0 unspecified atom stereocenters. The Morgan fingerprint density at radius 1 is 0.920 bits per heavy atom. The summed E-state index contributed by atoms with van der Waals surface area (Å²) in [6.07, 6.45) is 3.33. The summed E-state index contributed by atoms with van der Waals surface area (Å²) < 4.78 is 12.0. The van der Waals surface area contributed by atoms with Crippen LogP contribution in [0.2, 0.25) is 0 Å². The smallest absolute Gasteiger partial charge is 0.340 e. The Bertz CT molecular complexity index is 620. The van der Waals surface area contributed by atoms with Gasteiger partial charge in [0.15, 0.2) is 0 Å². The van der Waals surface area contributed by atoms with Crippen LogP contribution in [0.4, 0.5) is 0 Å². The first-order chi connectivity index (χ1) is 11.5. The molecule has 1 aromatic carbocycles. The Labute approximate surface area is 164 Å². The van der Waals surface area contributed by atoms with Gasteiger partial charge in [0.25, 0.3) is 0 Å². The lowest BCUT2D eigenvalue weighted by Gasteiger charge is -2.27. The number of carbonyl (C=O) groups is 2. The van der Waals surface area contributed by atoms with Gasteiger partial charge < -0.3 is 9.47 Å². The minimum Gasteiger partial charge on any atom is -0.456 e. The fourth-order valence-corrected chi connectivity index (χ4v) is 3.53. The molecule has 0 saturated carbocycles. The van der Waals surface area contributed by atoms with Crippen molar-refractivity contribution in [2.45, 2.75) is 78.4 Å². The third-order valence-corrected chi connectivity index (χ3v) is 4.78. The van der Waals surface area contributed by atoms with E-state index in [-0.39, 0.29) is 11.1 Å². The molecule has 0 N–H and O–H groups in total. The Kier molecular flexibility index (Phi) is 7.90. The van der Waals surface area contributed by atoms with Crippen molar-refractivity contribution in [3.8, 4) is 0 Å². The van der Waals surface area contributed by atoms with Crippen molar-refractivity contribution < 1.29 is 19.1 Å². The quantitative estimate of drug-likeness (QED) is 0.366. The zero-order valence-electron chi connectivity index (χ0n) is 16.1. The number of benzene rings is 1. The minimum atomic E-state index is -0.576. The summed E-state index contributed by atoms with van der Waals surface area (Å²) in [7, 11) is 0. The number of carbonyl (C=O) groups excluding carboxylic acids is 2. The van der Waals surface area contributed by atoms with Crippen LogP contribution in [0, 0.1) is 3.57 Å². The molecule has 0 aliphatic carbocycles. The molecule has 5 heteroatoms. The number of esters is 2. The molecule has 0 aliphatic heterocycles. The first kappa shape index (κ1) is 21.9. The largest absolute Gasteiger partial charge is 0.456 e. The molecule has 0 amide bonds. The first-order valence-electron chi connectivity index (χ1n) is 8.78. The summed E-state index contributed by atoms with van der Waals surface area (Å²) >= 11 is 2.05. The second-order valence-electron chi connectivity index (χ2n) is 7.46. The molecular formula is C20H29IO4. The summed E-state index contributed by atoms with van der Waals surface area (Å²) in [6, 6.07) is 5.16. The maximum absolute atomic E-state index is 12.7. The zero-order chi connectivity index (χ0) is 19.3. The fourth-order valence-electron chi connectivity index (χ4n) is 2.82. The Hall–Kier alpha value is -1.11. The van der Waals surface area contributed by atoms with Crippen molar-refractivity contribution in [2.75, 3.05) is 0 Å². The van der Waals surface area contributed by atoms with Gasteiger partial charge in [0.1, 0.15) is 11.2 Å². The van der Waals surface area contributed by atoms with Gasteiger partial charge in [0, 0.05) is 3.57 Å². The number of halogens is 1. The van der Waals surface area contributed by atoms with Crippen LogP contribution in [0.1, 0.15) is 87.9 Å². The molecule has 0 saturated heterocycles. The number of ether oxygens (including phenoxy) is 2. The van der Waals surface area contributed by atoms with Gasteiger partial charge in [0.2, 0.25) is 0 Å². The van der Waals surface area contributed by atoms with Gasteiger partial charge in [-0.2, -0.15) is 0 Å². The minimum absolute atomic E-state index is 0.258. The van der Waals surface area contributed by atoms with Crippen LogP contribution in [0.15, 0.2) is 18.2 Å². The average Bonchev–Trinajstić information content (AvgIpc) is 2.45. The Balaban J connectivity index is 3.13. The summed E-state index contributed by atoms with van der Waals surface area (Å²) in [5.74, 6) is -0.971. The van der Waals surface area contributed by atoms with Crippen molar-refractivity contribution in [1.82, 2.24) is 0 Å². The maximum atomic E-state index is 12.7. The van der Waals surface area contributed by atoms with Crippen molar-refractivity contribution in [3.63, 3.8) is 0 Å². The predicted molar refractivity (Wildman–Crippen MR) is 108 cm³/mol. The average molecular weight is 460 g/mol. The van der Waals surface area contributed by atoms with E-state index in [2.05, 4.69) is 22.6 Å². The molecule has 0 atom stereocenters. The van der Waals surface area contributed by atoms with Crippen LogP contribution in [0.25, 0.3) is 0 Å². The zero-order valence-corrected chi connectivity index (χ0v) is 18.2. The molecule has 0 fully saturated rings. The van der Waals surface area contributed by atoms with Crippen molar-refractivity contribution in [2.24, 2.45) is 0 Å². The van der Waals surface area contributed by atoms with Crippen LogP contribution in [0.5, 0.6) is 0 Å². The molecule has 0 aromatic heterocycles. The Morgan fingerprint density at radius 3 is 1.88 bits per heavy atom. The first-order valence-corrected chi connectivity index (χ1v) is 9.86. The number of hydrogen-bond donors (Lipinski definition) is 0. The predicted octanol–water partition coefficient (Wildman–Crippen LogP) is 5.76. The summed E-state index contributed by atoms with van der Waals surface area (Å²) in [5, 5.41) is 0. The van der Waals surface area contributed by atoms with Gasteiger partial charge in [-0.1, -0.05) is 32.8 Å². The highest BCUT2D eigenvalue weighted by Gasteiger charge is 2.30. The molecule has 25 heavy (non-hydrogen) atoms. The monoisotopic (exact) mass is 460 g/mol. The summed E-state index contributed by atoms with van der Waals surface area (Å²) in [5.41, 5.74) is -0.610. The third-order valence-electron chi connectivity index (χ3n) is 3.88. The Morgan fingerprint density at radius 2 is 1.40 bits per heavy atom. The van der Waals surface area contributed by atoms with Crippen molar-refractivity contribution in [3.05, 3.63) is 32.9 Å². The van der Waals surface area contributed by atoms with Gasteiger partial charge in [-0.05, 0) is 75.3 Å². The van der Waals surface area contributed by atoms with Gasteiger partial charge in [0.05, 0.1) is 11.1 Å². The van der Waals surface area contributed by atoms with Crippen LogP contribution < -0.4 is 0 Å². The molecule has 0 heterocycles. The van der Waals surface area contributed by atoms with E-state index in [1.807, 2.05) is 41.5 Å². The summed E-state index contributed by atoms with van der Waals surface area (Å²) in [6.45, 7) is 11.6. The van der Waals surface area contributed by atoms with Crippen LogP contribution in [-0.4, -0.2) is 23.1 Å². The molecule has 4 nitrogen and oxygen atoms in total. The number of rotatable bonds is 8. The van der Waals surface area contributed by atoms with E-state index in [0.717, 1.165) is 25.7 Å². The van der Waals surface area contributed by atoms with E-state index in [1.165, 1.54) is 0 Å². The third kappa shape index (κ3) is 6.60. The molecule has 0 aliphatic rings. The fraction of sp³-hybridized carbons (Fsp3) is 0.600. The molecule has 1 rings (SSSR count). The van der Waals surface area contributed by atoms with Gasteiger partial charge >= 0.3 is 11.9 Å². The second-order valence-corrected chi connectivity index (χ2v) is 8.62. The molecule has 140 valence electrons. The second kappa shape index (κ2) is 9.01. The molecule has 0 spiro atoms. The van der Waals surface area contributed by atoms with Gasteiger partial charge in [-0.15, -0.1) is 0 Å². The van der Waals surface area contributed by atoms with Crippen LogP contribution in [-0.2, 0) is 9.47 Å². The lowest BCUT2D eigenvalue weighted by Crippen LogP contribution is -2.31. The highest BCUT2D eigenvalue weighted by Crippen LogP contribution is 2.26. The molecule has 1 aromatic rings. The van der Waals surface area contributed by atoms with Crippen molar-refractivity contribution >= 4 is 34.5 Å². The van der Waals surface area contributed by atoms with E-state index in [0.29, 0.717) is 3.57 Å². The van der Waals surface area contributed by atoms with E-state index < -0.39 is 23.1 Å². The van der Waals surface area contributed by atoms with E-state index >= 15 is 0 Å². The van der Waals surface area contributed by atoms with Gasteiger partial charge in [-0.3, -0.25) is 0 Å². The summed E-state index contributed by atoms with van der Waals surface area (Å²) in [4.78, 5) is 25.4. The highest BCUT2D eigenvalue weighted by molar-refractivity contribution is 14.1. The highest BCUT2D eigenvalue weighted by atomic mass is 127. The maximum Gasteiger partial charge on any atom is 0.340 e. The number of hydrogen-bond acceptors (Lipinski definition) is 4. The van der Waals surface area contributed by atoms with Gasteiger partial charge in [-0.25, -0.2) is 9.59 Å².